The van der Waals surface area contributed by atoms with Crippen LogP contribution < -0.4 is 4.90 Å². The lowest BCUT2D eigenvalue weighted by Crippen LogP contribution is -2.39. The smallest absolute Gasteiger partial charge is 0.229 e. The number of morpholine rings is 1. The highest BCUT2D eigenvalue weighted by Gasteiger charge is 2.25. The highest BCUT2D eigenvalue weighted by Crippen LogP contribution is 2.33. The largest absolute Gasteiger partial charge is 0.379 e. The van der Waals surface area contributed by atoms with Crippen molar-refractivity contribution in [3.8, 4) is 0 Å². The maximum Gasteiger partial charge on any atom is 0.229 e. The molecule has 0 bridgehead atoms. The van der Waals surface area contributed by atoms with Crippen molar-refractivity contribution in [1.29, 1.82) is 0 Å². The fourth-order valence-corrected chi connectivity index (χ4v) is 5.93. The molecule has 0 saturated carbocycles. The molecule has 0 atom stereocenters. The van der Waals surface area contributed by atoms with E-state index < -0.39 is 0 Å². The van der Waals surface area contributed by atoms with Crippen LogP contribution in [0.2, 0.25) is 0 Å². The Hall–Kier alpha value is -3.06. The predicted octanol–water partition coefficient (Wildman–Crippen LogP) is 5.88. The van der Waals surface area contributed by atoms with Crippen molar-refractivity contribution in [2.75, 3.05) is 44.3 Å². The van der Waals surface area contributed by atoms with E-state index in [2.05, 4.69) is 54.3 Å². The second-order valence-corrected chi connectivity index (χ2v) is 10.4. The van der Waals surface area contributed by atoms with E-state index >= 15 is 0 Å². The van der Waals surface area contributed by atoms with Crippen LogP contribution in [0.5, 0.6) is 0 Å². The number of nitrogens with zero attached hydrogens (tertiary/aromatic N) is 3. The molecule has 0 N–H and O–H groups in total. The Morgan fingerprint density at radius 1 is 1.00 bits per heavy atom. The average Bonchev–Trinajstić information content (AvgIpc) is 3.34. The molecule has 1 saturated heterocycles. The zero-order chi connectivity index (χ0) is 24.7. The minimum atomic E-state index is -0.00161. The molecule has 1 fully saturated rings. The monoisotopic (exact) mass is 499 g/mol. The number of benzene rings is 3. The van der Waals surface area contributed by atoms with Crippen LogP contribution in [-0.2, 0) is 9.53 Å². The first-order valence-corrected chi connectivity index (χ1v) is 13.6. The number of hydrogen-bond donors (Lipinski definition) is 0. The fourth-order valence-electron chi connectivity index (χ4n) is 4.82. The Kier molecular flexibility index (Phi) is 8.06. The summed E-state index contributed by atoms with van der Waals surface area (Å²) in [5.74, 6) is 0.115. The summed E-state index contributed by atoms with van der Waals surface area (Å²) in [4.78, 5) is 23.2. The number of rotatable bonds is 9. The first-order valence-electron chi connectivity index (χ1n) is 12.7. The molecule has 6 heteroatoms. The Bertz CT molecular complexity index is 1230. The Labute approximate surface area is 217 Å². The lowest BCUT2D eigenvalue weighted by atomic mass is 9.88. The maximum absolute atomic E-state index is 14.0. The molecule has 1 aromatic heterocycles. The summed E-state index contributed by atoms with van der Waals surface area (Å²) in [6.45, 7) is 7.19. The van der Waals surface area contributed by atoms with Crippen LogP contribution in [0, 0.1) is 6.92 Å². The van der Waals surface area contributed by atoms with Gasteiger partial charge in [0.1, 0.15) is 0 Å². The van der Waals surface area contributed by atoms with Crippen molar-refractivity contribution in [1.82, 2.24) is 9.88 Å². The van der Waals surface area contributed by atoms with Gasteiger partial charge in [-0.1, -0.05) is 78.1 Å². The third-order valence-corrected chi connectivity index (χ3v) is 7.85. The lowest BCUT2D eigenvalue weighted by molar-refractivity contribution is -0.118. The Morgan fingerprint density at radius 2 is 1.67 bits per heavy atom. The third kappa shape index (κ3) is 6.01. The van der Waals surface area contributed by atoms with Gasteiger partial charge in [0.05, 0.1) is 23.4 Å². The van der Waals surface area contributed by atoms with Crippen LogP contribution in [0.15, 0.2) is 78.9 Å². The molecule has 4 aromatic rings. The summed E-state index contributed by atoms with van der Waals surface area (Å²) in [5, 5.41) is 0.794. The van der Waals surface area contributed by atoms with Gasteiger partial charge in [0, 0.05) is 38.5 Å². The summed E-state index contributed by atoms with van der Waals surface area (Å²) in [6.07, 6.45) is 1.31. The Morgan fingerprint density at radius 3 is 2.33 bits per heavy atom. The van der Waals surface area contributed by atoms with Crippen molar-refractivity contribution >= 4 is 32.6 Å². The number of thiazole rings is 1. The van der Waals surface area contributed by atoms with Crippen molar-refractivity contribution in [3.05, 3.63) is 95.6 Å². The molecule has 3 aromatic carbocycles. The minimum absolute atomic E-state index is 0.00161. The van der Waals surface area contributed by atoms with E-state index in [1.54, 1.807) is 11.3 Å². The number of carbonyl (C=O) groups excluding carboxylic acids is 1. The van der Waals surface area contributed by atoms with Gasteiger partial charge in [-0.25, -0.2) is 4.98 Å². The second-order valence-electron chi connectivity index (χ2n) is 9.40. The van der Waals surface area contributed by atoms with Crippen LogP contribution in [0.25, 0.3) is 10.2 Å². The number of aryl methyl sites for hydroxylation is 1. The van der Waals surface area contributed by atoms with Gasteiger partial charge in [0.25, 0.3) is 0 Å². The molecule has 1 aliphatic heterocycles. The van der Waals surface area contributed by atoms with Gasteiger partial charge < -0.3 is 4.74 Å². The first kappa shape index (κ1) is 24.6. The fraction of sp³-hybridized carbons (Fsp3) is 0.333. The van der Waals surface area contributed by atoms with E-state index in [1.165, 1.54) is 5.56 Å². The molecule has 1 amide bonds. The molecule has 0 radical (unpaired) electrons. The van der Waals surface area contributed by atoms with Gasteiger partial charge in [-0.3, -0.25) is 14.6 Å². The van der Waals surface area contributed by atoms with Crippen molar-refractivity contribution < 1.29 is 9.53 Å². The van der Waals surface area contributed by atoms with E-state index in [-0.39, 0.29) is 11.8 Å². The molecule has 1 aliphatic rings. The summed E-state index contributed by atoms with van der Waals surface area (Å²) < 4.78 is 6.62. The molecule has 0 spiro atoms. The number of amides is 1. The van der Waals surface area contributed by atoms with Crippen LogP contribution in [0.1, 0.15) is 35.4 Å². The summed E-state index contributed by atoms with van der Waals surface area (Å²) in [5.41, 5.74) is 4.47. The van der Waals surface area contributed by atoms with Gasteiger partial charge in [-0.15, -0.1) is 0 Å². The molecule has 5 nitrogen and oxygen atoms in total. The van der Waals surface area contributed by atoms with E-state index in [9.17, 15) is 4.79 Å². The maximum atomic E-state index is 14.0. The number of fused-ring (bicyclic) bond motifs is 1. The number of aromatic nitrogens is 1. The average molecular weight is 500 g/mol. The number of ether oxygens (including phenoxy) is 1. The molecule has 186 valence electrons. The molecule has 0 aliphatic carbocycles. The number of hydrogen-bond acceptors (Lipinski definition) is 5. The summed E-state index contributed by atoms with van der Waals surface area (Å²) in [6, 6.07) is 27.0. The van der Waals surface area contributed by atoms with Gasteiger partial charge in [-0.05, 0) is 42.2 Å². The van der Waals surface area contributed by atoms with Crippen molar-refractivity contribution in [2.45, 2.75) is 25.7 Å². The minimum Gasteiger partial charge on any atom is -0.379 e. The molecule has 0 unspecified atom stereocenters. The standard InChI is InChI=1S/C30H33N3O2S/c1-23-13-14-27-28(21-23)36-30(31-27)33(16-8-15-32-17-19-35-20-18-32)29(34)22-26(24-9-4-2-5-10-24)25-11-6-3-7-12-25/h2-7,9-14,21,26H,8,15-20,22H2,1H3. The lowest BCUT2D eigenvalue weighted by Gasteiger charge is -2.28. The molecular weight excluding hydrogens is 466 g/mol. The number of carbonyl (C=O) groups is 1. The first-order chi connectivity index (χ1) is 17.7. The van der Waals surface area contributed by atoms with Crippen molar-refractivity contribution in [3.63, 3.8) is 0 Å². The zero-order valence-corrected chi connectivity index (χ0v) is 21.6. The highest BCUT2D eigenvalue weighted by molar-refractivity contribution is 7.22. The van der Waals surface area contributed by atoms with E-state index in [0.29, 0.717) is 13.0 Å². The summed E-state index contributed by atoms with van der Waals surface area (Å²) in [7, 11) is 0. The topological polar surface area (TPSA) is 45.7 Å². The van der Waals surface area contributed by atoms with Crippen LogP contribution in [0.3, 0.4) is 0 Å². The molecular formula is C30H33N3O2S. The van der Waals surface area contributed by atoms with E-state index in [4.69, 9.17) is 9.72 Å². The zero-order valence-electron chi connectivity index (χ0n) is 20.8. The van der Waals surface area contributed by atoms with Gasteiger partial charge in [-0.2, -0.15) is 0 Å². The molecule has 36 heavy (non-hydrogen) atoms. The summed E-state index contributed by atoms with van der Waals surface area (Å²) >= 11 is 1.61. The van der Waals surface area contributed by atoms with Gasteiger partial charge in [0.2, 0.25) is 5.91 Å². The predicted molar refractivity (Wildman–Crippen MR) is 148 cm³/mol. The van der Waals surface area contributed by atoms with E-state index in [0.717, 1.165) is 65.7 Å². The highest BCUT2D eigenvalue weighted by atomic mass is 32.1. The second kappa shape index (κ2) is 11.8. The van der Waals surface area contributed by atoms with Gasteiger partial charge in [0.15, 0.2) is 5.13 Å². The molecule has 2 heterocycles. The van der Waals surface area contributed by atoms with Crippen molar-refractivity contribution in [2.24, 2.45) is 0 Å². The Balaban J connectivity index is 1.40. The van der Waals surface area contributed by atoms with Crippen LogP contribution >= 0.6 is 11.3 Å². The molecule has 5 rings (SSSR count). The SMILES string of the molecule is Cc1ccc2nc(N(CCCN3CCOCC3)C(=O)CC(c3ccccc3)c3ccccc3)sc2c1. The quantitative estimate of drug-likeness (QED) is 0.288. The normalized spacial score (nSPS) is 14.4. The number of anilines is 1. The third-order valence-electron chi connectivity index (χ3n) is 6.81. The van der Waals surface area contributed by atoms with Crippen LogP contribution in [-0.4, -0.2) is 55.2 Å². The van der Waals surface area contributed by atoms with E-state index in [1.807, 2.05) is 41.3 Å². The van der Waals surface area contributed by atoms with Crippen LogP contribution in [0.4, 0.5) is 5.13 Å². The van der Waals surface area contributed by atoms with Gasteiger partial charge >= 0.3 is 0 Å².